The lowest BCUT2D eigenvalue weighted by molar-refractivity contribution is -0.0601. The molecule has 1 unspecified atom stereocenters. The van der Waals surface area contributed by atoms with Gasteiger partial charge in [-0.2, -0.15) is 13.9 Å². The average Bonchev–Trinajstić information content (AvgIpc) is 3.37. The molecule has 3 rings (SSSR count). The average molecular weight is 494 g/mol. The highest BCUT2D eigenvalue weighted by Gasteiger charge is 2.45. The number of aliphatic hydroxyl groups is 1. The van der Waals surface area contributed by atoms with Crippen molar-refractivity contribution in [1.29, 1.82) is 0 Å². The number of aromatic nitrogens is 2. The number of halogens is 2. The van der Waals surface area contributed by atoms with Crippen molar-refractivity contribution in [1.82, 2.24) is 15.1 Å². The molecule has 1 aromatic heterocycles. The van der Waals surface area contributed by atoms with Crippen LogP contribution >= 0.6 is 0 Å². The summed E-state index contributed by atoms with van der Waals surface area (Å²) in [5.74, 6) is -5.39. The van der Waals surface area contributed by atoms with Crippen molar-refractivity contribution in [3.8, 4) is 0 Å². The molecule has 0 saturated heterocycles. The second kappa shape index (κ2) is 9.61. The van der Waals surface area contributed by atoms with E-state index < -0.39 is 53.4 Å². The zero-order valence-electron chi connectivity index (χ0n) is 20.1. The maximum Gasteiger partial charge on any atom is 0.416 e. The minimum Gasteiger partial charge on any atom is -0.465 e. The van der Waals surface area contributed by atoms with Gasteiger partial charge in [-0.1, -0.05) is 12.1 Å². The van der Waals surface area contributed by atoms with Gasteiger partial charge in [0.15, 0.2) is 0 Å². The second-order valence-electron chi connectivity index (χ2n) is 9.07. The first-order valence-corrected chi connectivity index (χ1v) is 10.9. The van der Waals surface area contributed by atoms with Gasteiger partial charge in [-0.3, -0.25) is 9.69 Å². The van der Waals surface area contributed by atoms with Crippen LogP contribution in [0.2, 0.25) is 0 Å². The molecule has 1 atom stereocenters. The number of hydrogen-bond acceptors (Lipinski definition) is 7. The summed E-state index contributed by atoms with van der Waals surface area (Å²) in [5.41, 5.74) is -1.41. The van der Waals surface area contributed by atoms with E-state index in [1.54, 1.807) is 39.8 Å². The van der Waals surface area contributed by atoms with Gasteiger partial charge in [0.05, 0.1) is 31.8 Å². The van der Waals surface area contributed by atoms with E-state index >= 15 is 0 Å². The molecule has 0 bridgehead atoms. The lowest BCUT2D eigenvalue weighted by Crippen LogP contribution is -2.38. The van der Waals surface area contributed by atoms with Gasteiger partial charge in [-0.25, -0.2) is 14.3 Å². The Bertz CT molecular complexity index is 1120. The number of fused-ring (bicyclic) bond motifs is 1. The summed E-state index contributed by atoms with van der Waals surface area (Å²) in [6.07, 6.45) is -0.810. The van der Waals surface area contributed by atoms with E-state index in [1.807, 2.05) is 0 Å². The maximum atomic E-state index is 14.6. The number of methoxy groups -OCH3 is 1. The van der Waals surface area contributed by atoms with Gasteiger partial charge in [0, 0.05) is 0 Å². The molecule has 1 aromatic carbocycles. The molecule has 190 valence electrons. The standard InChI is InChI=1S/C23H28F2N4O6/c1-13(14-6-8-15(9-7-14)20(32)34-5)26-18(31)16-17(23(24,25)12-30)27-29-11-10-28(19(16)29)21(33)35-22(2,3)4/h6-9,13,30H,10-12H2,1-5H3,(H,26,31). The number of alkyl halides is 2. The number of amides is 2. The van der Waals surface area contributed by atoms with Crippen molar-refractivity contribution in [2.24, 2.45) is 0 Å². The van der Waals surface area contributed by atoms with Crippen LogP contribution in [-0.4, -0.2) is 58.7 Å². The third-order valence-corrected chi connectivity index (χ3v) is 5.28. The fourth-order valence-corrected chi connectivity index (χ4v) is 3.60. The number of hydrogen-bond donors (Lipinski definition) is 2. The van der Waals surface area contributed by atoms with E-state index in [9.17, 15) is 28.3 Å². The quantitative estimate of drug-likeness (QED) is 0.592. The van der Waals surface area contributed by atoms with Gasteiger partial charge in [0.1, 0.15) is 29.3 Å². The van der Waals surface area contributed by atoms with Gasteiger partial charge in [0.25, 0.3) is 5.91 Å². The summed E-state index contributed by atoms with van der Waals surface area (Å²) in [7, 11) is 1.25. The molecule has 0 saturated carbocycles. The zero-order valence-corrected chi connectivity index (χ0v) is 20.1. The predicted octanol–water partition coefficient (Wildman–Crippen LogP) is 3.00. The Hall–Kier alpha value is -3.54. The topological polar surface area (TPSA) is 123 Å². The van der Waals surface area contributed by atoms with Gasteiger partial charge in [-0.05, 0) is 45.4 Å². The normalized spacial score (nSPS) is 14.3. The Morgan fingerprint density at radius 2 is 1.80 bits per heavy atom. The molecule has 1 aliphatic rings. The number of nitrogens with one attached hydrogen (secondary N) is 1. The number of benzene rings is 1. The number of aliphatic hydroxyl groups excluding tert-OH is 1. The Kier molecular flexibility index (Phi) is 7.16. The minimum absolute atomic E-state index is 0.0703. The van der Waals surface area contributed by atoms with Gasteiger partial charge in [0.2, 0.25) is 0 Å². The van der Waals surface area contributed by atoms with Gasteiger partial charge >= 0.3 is 18.0 Å². The summed E-state index contributed by atoms with van der Waals surface area (Å²) >= 11 is 0. The van der Waals surface area contributed by atoms with Crippen LogP contribution in [0.5, 0.6) is 0 Å². The third kappa shape index (κ3) is 5.42. The predicted molar refractivity (Wildman–Crippen MR) is 120 cm³/mol. The fraction of sp³-hybridized carbons (Fsp3) is 0.478. The highest BCUT2D eigenvalue weighted by Crippen LogP contribution is 2.38. The van der Waals surface area contributed by atoms with Crippen molar-refractivity contribution in [3.63, 3.8) is 0 Å². The second-order valence-corrected chi connectivity index (χ2v) is 9.07. The zero-order chi connectivity index (χ0) is 26.1. The lowest BCUT2D eigenvalue weighted by atomic mass is 10.0. The highest BCUT2D eigenvalue weighted by molar-refractivity contribution is 6.04. The Balaban J connectivity index is 1.96. The molecular formula is C23H28F2N4O6. The van der Waals surface area contributed by atoms with Crippen LogP contribution in [0.4, 0.5) is 19.4 Å². The molecule has 10 nitrogen and oxygen atoms in total. The summed E-state index contributed by atoms with van der Waals surface area (Å²) in [4.78, 5) is 38.7. The number of ether oxygens (including phenoxy) is 2. The molecule has 0 aliphatic carbocycles. The molecule has 0 fully saturated rings. The molecule has 0 radical (unpaired) electrons. The summed E-state index contributed by atoms with van der Waals surface area (Å²) in [6.45, 7) is 5.18. The molecule has 0 spiro atoms. The maximum absolute atomic E-state index is 14.6. The van der Waals surface area contributed by atoms with Crippen molar-refractivity contribution in [3.05, 3.63) is 46.6 Å². The van der Waals surface area contributed by atoms with Crippen molar-refractivity contribution in [2.75, 3.05) is 25.2 Å². The lowest BCUT2D eigenvalue weighted by Gasteiger charge is -2.25. The van der Waals surface area contributed by atoms with Crippen LogP contribution in [0, 0.1) is 0 Å². The van der Waals surface area contributed by atoms with Crippen molar-refractivity contribution < 1.29 is 37.7 Å². The molecular weight excluding hydrogens is 466 g/mol. The van der Waals surface area contributed by atoms with Crippen LogP contribution in [0.15, 0.2) is 24.3 Å². The van der Waals surface area contributed by atoms with Gasteiger partial charge < -0.3 is 19.9 Å². The van der Waals surface area contributed by atoms with E-state index in [0.717, 1.165) is 9.58 Å². The first kappa shape index (κ1) is 26.1. The molecule has 2 aromatic rings. The number of esters is 1. The molecule has 1 aliphatic heterocycles. The van der Waals surface area contributed by atoms with Crippen LogP contribution in [0.1, 0.15) is 65.7 Å². The van der Waals surface area contributed by atoms with Gasteiger partial charge in [-0.15, -0.1) is 0 Å². The third-order valence-electron chi connectivity index (χ3n) is 5.28. The van der Waals surface area contributed by atoms with E-state index in [0.29, 0.717) is 11.1 Å². The number of anilines is 1. The Morgan fingerprint density at radius 1 is 1.17 bits per heavy atom. The Morgan fingerprint density at radius 3 is 2.34 bits per heavy atom. The van der Waals surface area contributed by atoms with E-state index in [-0.39, 0.29) is 18.9 Å². The summed E-state index contributed by atoms with van der Waals surface area (Å²) in [6, 6.07) is 5.55. The van der Waals surface area contributed by atoms with E-state index in [4.69, 9.17) is 4.74 Å². The highest BCUT2D eigenvalue weighted by atomic mass is 19.3. The summed E-state index contributed by atoms with van der Waals surface area (Å²) < 4.78 is 40.3. The monoisotopic (exact) mass is 494 g/mol. The van der Waals surface area contributed by atoms with Crippen LogP contribution in [-0.2, 0) is 21.9 Å². The number of nitrogens with zero attached hydrogens (tertiary/aromatic N) is 3. The number of carbonyl (C=O) groups is 3. The molecule has 2 amide bonds. The number of carbonyl (C=O) groups excluding carboxylic acids is 3. The Labute approximate surface area is 200 Å². The first-order chi connectivity index (χ1) is 16.3. The van der Waals surface area contributed by atoms with E-state index in [1.165, 1.54) is 19.2 Å². The molecule has 12 heteroatoms. The summed E-state index contributed by atoms with van der Waals surface area (Å²) in [5, 5.41) is 15.7. The fourth-order valence-electron chi connectivity index (χ4n) is 3.60. The van der Waals surface area contributed by atoms with Crippen molar-refractivity contribution in [2.45, 2.75) is 51.8 Å². The molecule has 2 heterocycles. The SMILES string of the molecule is COC(=O)c1ccc(C(C)NC(=O)c2c(C(F)(F)CO)nn3c2N(C(=O)OC(C)(C)C)CC3)cc1. The van der Waals surface area contributed by atoms with E-state index in [2.05, 4.69) is 15.2 Å². The smallest absolute Gasteiger partial charge is 0.416 e. The van der Waals surface area contributed by atoms with Crippen LogP contribution in [0.3, 0.4) is 0 Å². The molecule has 2 N–H and O–H groups in total. The minimum atomic E-state index is -3.82. The first-order valence-electron chi connectivity index (χ1n) is 10.9. The largest absolute Gasteiger partial charge is 0.465 e. The van der Waals surface area contributed by atoms with Crippen LogP contribution in [0.25, 0.3) is 0 Å². The van der Waals surface area contributed by atoms with Crippen LogP contribution < -0.4 is 10.2 Å². The molecule has 35 heavy (non-hydrogen) atoms. The number of rotatable bonds is 6. The van der Waals surface area contributed by atoms with Crippen molar-refractivity contribution >= 4 is 23.8 Å².